The number of aromatic hydroxyl groups is 1. The first-order valence-corrected chi connectivity index (χ1v) is 8.76. The van der Waals surface area contributed by atoms with Crippen molar-refractivity contribution in [3.8, 4) is 5.75 Å². The van der Waals surface area contributed by atoms with Crippen LogP contribution in [0.1, 0.15) is 18.4 Å². The maximum absolute atomic E-state index is 12.2. The smallest absolute Gasteiger partial charge is 0.427 e. The van der Waals surface area contributed by atoms with Crippen molar-refractivity contribution in [2.75, 3.05) is 0 Å². The summed E-state index contributed by atoms with van der Waals surface area (Å²) >= 11 is 0. The van der Waals surface area contributed by atoms with Crippen LogP contribution in [0.2, 0.25) is 0 Å². The highest BCUT2D eigenvalue weighted by atomic mass is 31.2. The van der Waals surface area contributed by atoms with Crippen molar-refractivity contribution in [2.45, 2.75) is 18.6 Å². The maximum Gasteiger partial charge on any atom is 0.427 e. The van der Waals surface area contributed by atoms with E-state index in [0.717, 1.165) is 12.2 Å². The number of allylic oxidation sites excluding steroid dienone is 2. The molecule has 0 bridgehead atoms. The SMILES string of the molecule is CC(c1ccc(O)cc1)C(O)(O)C1C(=O)C=C(O)C=C1NP(=O)(O)O. The summed E-state index contributed by atoms with van der Waals surface area (Å²) in [6.45, 7) is 1.40. The first-order valence-electron chi connectivity index (χ1n) is 7.15. The fourth-order valence-electron chi connectivity index (χ4n) is 2.63. The summed E-state index contributed by atoms with van der Waals surface area (Å²) < 4.78 is 11.2. The summed E-state index contributed by atoms with van der Waals surface area (Å²) in [6.07, 6.45) is 1.58. The van der Waals surface area contributed by atoms with Gasteiger partial charge in [0, 0.05) is 23.8 Å². The largest absolute Gasteiger partial charge is 0.508 e. The van der Waals surface area contributed by atoms with Crippen LogP contribution in [0.3, 0.4) is 0 Å². The van der Waals surface area contributed by atoms with E-state index in [1.54, 1.807) is 5.09 Å². The Hall–Kier alpha value is -2.16. The van der Waals surface area contributed by atoms with Gasteiger partial charge in [0.25, 0.3) is 0 Å². The Kier molecular flexibility index (Phi) is 5.08. The second-order valence-electron chi connectivity index (χ2n) is 5.76. The van der Waals surface area contributed by atoms with E-state index >= 15 is 0 Å². The van der Waals surface area contributed by atoms with Gasteiger partial charge < -0.3 is 30.2 Å². The number of hydrogen-bond acceptors (Lipinski definition) is 6. The Morgan fingerprint density at radius 2 is 1.68 bits per heavy atom. The Bertz CT molecular complexity index is 777. The lowest BCUT2D eigenvalue weighted by molar-refractivity contribution is -0.204. The molecule has 7 N–H and O–H groups in total. The Morgan fingerprint density at radius 1 is 1.12 bits per heavy atom. The van der Waals surface area contributed by atoms with Gasteiger partial charge in [-0.15, -0.1) is 0 Å². The van der Waals surface area contributed by atoms with Crippen LogP contribution < -0.4 is 5.09 Å². The van der Waals surface area contributed by atoms with Gasteiger partial charge in [0.1, 0.15) is 17.4 Å². The Labute approximate surface area is 142 Å². The van der Waals surface area contributed by atoms with Crippen LogP contribution in [0.15, 0.2) is 47.9 Å². The fraction of sp³-hybridized carbons (Fsp3) is 0.267. The number of rotatable bonds is 5. The van der Waals surface area contributed by atoms with Gasteiger partial charge in [-0.3, -0.25) is 9.88 Å². The normalized spacial score (nSPS) is 19.9. The number of hydrogen-bond donors (Lipinski definition) is 7. The van der Waals surface area contributed by atoms with Crippen LogP contribution >= 0.6 is 7.75 Å². The van der Waals surface area contributed by atoms with E-state index in [9.17, 15) is 29.8 Å². The van der Waals surface area contributed by atoms with Crippen molar-refractivity contribution < 1.29 is 39.6 Å². The van der Waals surface area contributed by atoms with Gasteiger partial charge in [0.05, 0.1) is 0 Å². The topological polar surface area (TPSA) is 168 Å². The van der Waals surface area contributed by atoms with Crippen molar-refractivity contribution in [3.63, 3.8) is 0 Å². The molecule has 2 unspecified atom stereocenters. The quantitative estimate of drug-likeness (QED) is 0.286. The predicted molar refractivity (Wildman–Crippen MR) is 86.2 cm³/mol. The molecule has 136 valence electrons. The number of aliphatic hydroxyl groups excluding tert-OH is 1. The van der Waals surface area contributed by atoms with Crippen molar-refractivity contribution >= 4 is 13.5 Å². The molecule has 2 rings (SSSR count). The van der Waals surface area contributed by atoms with Crippen LogP contribution in [-0.2, 0) is 9.36 Å². The van der Waals surface area contributed by atoms with Gasteiger partial charge in [0.15, 0.2) is 11.6 Å². The van der Waals surface area contributed by atoms with Crippen LogP contribution in [0.5, 0.6) is 5.75 Å². The number of phenolic OH excluding ortho intramolecular Hbond substituents is 1. The summed E-state index contributed by atoms with van der Waals surface area (Å²) in [4.78, 5) is 30.3. The lowest BCUT2D eigenvalue weighted by Crippen LogP contribution is -2.49. The highest BCUT2D eigenvalue weighted by Gasteiger charge is 2.48. The number of aliphatic hydroxyl groups is 3. The van der Waals surface area contributed by atoms with E-state index in [0.29, 0.717) is 5.56 Å². The van der Waals surface area contributed by atoms with Gasteiger partial charge in [-0.2, -0.15) is 0 Å². The van der Waals surface area contributed by atoms with Crippen molar-refractivity contribution in [1.29, 1.82) is 0 Å². The van der Waals surface area contributed by atoms with E-state index in [1.165, 1.54) is 31.2 Å². The summed E-state index contributed by atoms with van der Waals surface area (Å²) in [5, 5.41) is 41.7. The number of benzene rings is 1. The molecular weight excluding hydrogens is 353 g/mol. The van der Waals surface area contributed by atoms with Gasteiger partial charge in [-0.25, -0.2) is 4.57 Å². The Morgan fingerprint density at radius 3 is 2.20 bits per heavy atom. The molecule has 9 nitrogen and oxygen atoms in total. The van der Waals surface area contributed by atoms with Crippen LogP contribution in [0.4, 0.5) is 0 Å². The molecule has 0 amide bonds. The molecule has 0 aliphatic heterocycles. The van der Waals surface area contributed by atoms with Gasteiger partial charge in [-0.1, -0.05) is 19.1 Å². The molecule has 10 heteroatoms. The lowest BCUT2D eigenvalue weighted by Gasteiger charge is -2.37. The molecule has 0 radical (unpaired) electrons. The highest BCUT2D eigenvalue weighted by molar-refractivity contribution is 7.49. The van der Waals surface area contributed by atoms with E-state index < -0.39 is 42.6 Å². The monoisotopic (exact) mass is 371 g/mol. The molecule has 1 aliphatic rings. The maximum atomic E-state index is 12.2. The molecule has 1 aromatic rings. The molecule has 0 heterocycles. The fourth-order valence-corrected chi connectivity index (χ4v) is 3.16. The van der Waals surface area contributed by atoms with Crippen molar-refractivity contribution in [1.82, 2.24) is 5.09 Å². The predicted octanol–water partition coefficient (Wildman–Crippen LogP) is 0.384. The van der Waals surface area contributed by atoms with E-state index in [-0.39, 0.29) is 5.75 Å². The first-order chi connectivity index (χ1) is 11.4. The third-order valence-corrected chi connectivity index (χ3v) is 4.47. The minimum atomic E-state index is -4.87. The van der Waals surface area contributed by atoms with Crippen LogP contribution in [0, 0.1) is 5.92 Å². The molecule has 25 heavy (non-hydrogen) atoms. The second kappa shape index (κ2) is 6.62. The molecule has 0 saturated carbocycles. The number of ketones is 1. The summed E-state index contributed by atoms with van der Waals surface area (Å²) in [7, 11) is -4.87. The van der Waals surface area contributed by atoms with Gasteiger partial charge in [0.2, 0.25) is 0 Å². The van der Waals surface area contributed by atoms with Gasteiger partial charge >= 0.3 is 7.75 Å². The average Bonchev–Trinajstić information content (AvgIpc) is 2.44. The van der Waals surface area contributed by atoms with E-state index in [2.05, 4.69) is 0 Å². The Balaban J connectivity index is 2.43. The standard InChI is InChI=1S/C15H18NO8P/c1-8(9-2-4-10(17)5-3-9)15(20,21)14-12(16-25(22,23)24)6-11(18)7-13(14)19/h2-8,14,17-18,20-21H,1H3,(H3,16,22,23,24). The molecule has 2 atom stereocenters. The number of carbonyl (C=O) groups excluding carboxylic acids is 1. The lowest BCUT2D eigenvalue weighted by atomic mass is 9.78. The van der Waals surface area contributed by atoms with Crippen LogP contribution in [0.25, 0.3) is 0 Å². The van der Waals surface area contributed by atoms with Crippen molar-refractivity contribution in [3.05, 3.63) is 53.4 Å². The zero-order valence-electron chi connectivity index (χ0n) is 13.1. The summed E-state index contributed by atoms with van der Waals surface area (Å²) in [6, 6.07) is 5.48. The van der Waals surface area contributed by atoms with E-state index in [4.69, 9.17) is 9.79 Å². The molecular formula is C15H18NO8P. The molecule has 0 aromatic heterocycles. The molecule has 1 aliphatic carbocycles. The van der Waals surface area contributed by atoms with Gasteiger partial charge in [-0.05, 0) is 17.7 Å². The third kappa shape index (κ3) is 4.28. The zero-order valence-corrected chi connectivity index (χ0v) is 14.0. The van der Waals surface area contributed by atoms with Crippen LogP contribution in [-0.4, -0.2) is 41.8 Å². The highest BCUT2D eigenvalue weighted by Crippen LogP contribution is 2.41. The molecule has 0 saturated heterocycles. The third-order valence-electron chi connectivity index (χ3n) is 3.92. The van der Waals surface area contributed by atoms with Crippen molar-refractivity contribution in [2.24, 2.45) is 5.92 Å². The number of phenols is 1. The number of nitrogens with one attached hydrogen (secondary N) is 1. The average molecular weight is 371 g/mol. The first kappa shape index (κ1) is 19.2. The minimum Gasteiger partial charge on any atom is -0.508 e. The molecule has 1 aromatic carbocycles. The molecule has 0 fully saturated rings. The van der Waals surface area contributed by atoms with E-state index in [1.807, 2.05) is 0 Å². The summed E-state index contributed by atoms with van der Waals surface area (Å²) in [5.74, 6) is -7.13. The summed E-state index contributed by atoms with van der Waals surface area (Å²) in [5.41, 5.74) is -0.154. The molecule has 0 spiro atoms. The second-order valence-corrected chi connectivity index (χ2v) is 7.07. The minimum absolute atomic E-state index is 0.0391. The number of carbonyl (C=O) groups is 1. The zero-order chi connectivity index (χ0) is 19.0.